The van der Waals surface area contributed by atoms with Crippen molar-refractivity contribution in [2.24, 2.45) is 0 Å². The molecule has 94 valence electrons. The summed E-state index contributed by atoms with van der Waals surface area (Å²) in [6.07, 6.45) is -9.00. The SMILES string of the molecule is C=COc1cc(C(F)(F)F)cc(C(F)(F)F)c1. The molecule has 7 heteroatoms. The van der Waals surface area contributed by atoms with Gasteiger partial charge in [-0.3, -0.25) is 0 Å². The van der Waals surface area contributed by atoms with Gasteiger partial charge in [-0.1, -0.05) is 6.58 Å². The number of halogens is 6. The van der Waals surface area contributed by atoms with Crippen LogP contribution < -0.4 is 4.74 Å². The van der Waals surface area contributed by atoms with Crippen LogP contribution in [0.4, 0.5) is 26.3 Å². The zero-order valence-electron chi connectivity index (χ0n) is 8.19. The molecule has 0 radical (unpaired) electrons. The fourth-order valence-electron chi connectivity index (χ4n) is 1.09. The minimum absolute atomic E-state index is 0.0238. The van der Waals surface area contributed by atoms with Crippen LogP contribution in [0.25, 0.3) is 0 Å². The van der Waals surface area contributed by atoms with Gasteiger partial charge >= 0.3 is 12.4 Å². The number of ether oxygens (including phenoxy) is 1. The molecular weight excluding hydrogens is 250 g/mol. The molecule has 0 bridgehead atoms. The molecule has 0 amide bonds. The maximum absolute atomic E-state index is 12.3. The third-order valence-electron chi connectivity index (χ3n) is 1.78. The second-order valence-electron chi connectivity index (χ2n) is 3.03. The average molecular weight is 256 g/mol. The van der Waals surface area contributed by atoms with Gasteiger partial charge in [-0.25, -0.2) is 0 Å². The lowest BCUT2D eigenvalue weighted by Gasteiger charge is -2.13. The van der Waals surface area contributed by atoms with Crippen LogP contribution in [0.15, 0.2) is 31.0 Å². The van der Waals surface area contributed by atoms with Crippen molar-refractivity contribution in [2.45, 2.75) is 12.4 Å². The first-order valence-electron chi connectivity index (χ1n) is 4.21. The van der Waals surface area contributed by atoms with Gasteiger partial charge in [0.2, 0.25) is 0 Å². The van der Waals surface area contributed by atoms with E-state index in [1.165, 1.54) is 0 Å². The molecule has 0 aliphatic heterocycles. The fourth-order valence-corrected chi connectivity index (χ4v) is 1.09. The van der Waals surface area contributed by atoms with E-state index in [9.17, 15) is 26.3 Å². The van der Waals surface area contributed by atoms with Gasteiger partial charge in [0.05, 0.1) is 17.4 Å². The average Bonchev–Trinajstić information content (AvgIpc) is 2.15. The molecule has 0 saturated heterocycles. The summed E-state index contributed by atoms with van der Waals surface area (Å²) >= 11 is 0. The quantitative estimate of drug-likeness (QED) is 0.567. The van der Waals surface area contributed by atoms with Crippen LogP contribution in [-0.4, -0.2) is 0 Å². The van der Waals surface area contributed by atoms with Crippen LogP contribution in [0.2, 0.25) is 0 Å². The number of hydrogen-bond acceptors (Lipinski definition) is 1. The number of hydrogen-bond donors (Lipinski definition) is 0. The standard InChI is InChI=1S/C10H6F6O/c1-2-17-8-4-6(9(11,12)13)3-7(5-8)10(14,15)16/h2-5H,1H2. The van der Waals surface area contributed by atoms with Gasteiger partial charge in [0.15, 0.2) is 0 Å². The molecule has 0 aliphatic rings. The lowest BCUT2D eigenvalue weighted by molar-refractivity contribution is -0.143. The molecule has 0 unspecified atom stereocenters. The highest BCUT2D eigenvalue weighted by atomic mass is 19.4. The second kappa shape index (κ2) is 4.31. The zero-order chi connectivity index (χ0) is 13.3. The molecule has 0 fully saturated rings. The van der Waals surface area contributed by atoms with E-state index in [1.54, 1.807) is 0 Å². The van der Waals surface area contributed by atoms with Gasteiger partial charge in [0.1, 0.15) is 5.75 Å². The highest BCUT2D eigenvalue weighted by molar-refractivity contribution is 5.37. The Balaban J connectivity index is 3.34. The van der Waals surface area contributed by atoms with Gasteiger partial charge in [-0.15, -0.1) is 0 Å². The molecule has 1 aromatic carbocycles. The molecule has 0 N–H and O–H groups in total. The summed E-state index contributed by atoms with van der Waals surface area (Å²) < 4.78 is 78.4. The summed E-state index contributed by atoms with van der Waals surface area (Å²) in [5.41, 5.74) is -2.85. The van der Waals surface area contributed by atoms with Crippen molar-refractivity contribution in [1.29, 1.82) is 0 Å². The van der Waals surface area contributed by atoms with Crippen LogP contribution in [0.1, 0.15) is 11.1 Å². The maximum Gasteiger partial charge on any atom is 0.416 e. The van der Waals surface area contributed by atoms with Crippen molar-refractivity contribution in [3.63, 3.8) is 0 Å². The lowest BCUT2D eigenvalue weighted by atomic mass is 10.1. The molecule has 1 rings (SSSR count). The maximum atomic E-state index is 12.3. The monoisotopic (exact) mass is 256 g/mol. The smallest absolute Gasteiger partial charge is 0.416 e. The van der Waals surface area contributed by atoms with Crippen molar-refractivity contribution in [3.8, 4) is 5.75 Å². The van der Waals surface area contributed by atoms with Crippen LogP contribution >= 0.6 is 0 Å². The second-order valence-corrected chi connectivity index (χ2v) is 3.03. The molecule has 0 heterocycles. The van der Waals surface area contributed by atoms with E-state index in [4.69, 9.17) is 0 Å². The van der Waals surface area contributed by atoms with Crippen molar-refractivity contribution in [3.05, 3.63) is 42.2 Å². The van der Waals surface area contributed by atoms with Crippen LogP contribution in [0.3, 0.4) is 0 Å². The molecule has 0 atom stereocenters. The fraction of sp³-hybridized carbons (Fsp3) is 0.200. The number of rotatable bonds is 2. The van der Waals surface area contributed by atoms with Crippen LogP contribution in [-0.2, 0) is 12.4 Å². The Hall–Kier alpha value is -1.66. The minimum atomic E-state index is -4.87. The summed E-state index contributed by atoms with van der Waals surface area (Å²) in [4.78, 5) is 0. The lowest BCUT2D eigenvalue weighted by Crippen LogP contribution is -2.10. The first-order chi connectivity index (χ1) is 7.64. The van der Waals surface area contributed by atoms with Crippen molar-refractivity contribution < 1.29 is 31.1 Å². The molecular formula is C10H6F6O. The van der Waals surface area contributed by atoms with Crippen molar-refractivity contribution in [1.82, 2.24) is 0 Å². The molecule has 1 aromatic rings. The van der Waals surface area contributed by atoms with Gasteiger partial charge in [-0.2, -0.15) is 26.3 Å². The topological polar surface area (TPSA) is 9.23 Å². The molecule has 0 aliphatic carbocycles. The molecule has 0 aromatic heterocycles. The Labute approximate surface area is 92.3 Å². The van der Waals surface area contributed by atoms with Crippen molar-refractivity contribution >= 4 is 0 Å². The summed E-state index contributed by atoms with van der Waals surface area (Å²) in [7, 11) is 0. The Bertz CT molecular complexity index is 386. The molecule has 1 nitrogen and oxygen atoms in total. The predicted molar refractivity (Wildman–Crippen MR) is 47.3 cm³/mol. The van der Waals surface area contributed by atoms with E-state index in [0.29, 0.717) is 12.1 Å². The van der Waals surface area contributed by atoms with E-state index in [-0.39, 0.29) is 6.07 Å². The predicted octanol–water partition coefficient (Wildman–Crippen LogP) is 4.25. The van der Waals surface area contributed by atoms with E-state index in [1.807, 2.05) is 0 Å². The first-order valence-corrected chi connectivity index (χ1v) is 4.21. The van der Waals surface area contributed by atoms with E-state index >= 15 is 0 Å². The van der Waals surface area contributed by atoms with Crippen LogP contribution in [0.5, 0.6) is 5.75 Å². The number of benzene rings is 1. The Kier molecular flexibility index (Phi) is 3.40. The molecule has 0 saturated carbocycles. The van der Waals surface area contributed by atoms with Crippen molar-refractivity contribution in [2.75, 3.05) is 0 Å². The van der Waals surface area contributed by atoms with Gasteiger partial charge in [0, 0.05) is 0 Å². The Morgan fingerprint density at radius 2 is 1.29 bits per heavy atom. The first kappa shape index (κ1) is 13.4. The van der Waals surface area contributed by atoms with E-state index < -0.39 is 29.2 Å². The van der Waals surface area contributed by atoms with Gasteiger partial charge in [0.25, 0.3) is 0 Å². The molecule has 17 heavy (non-hydrogen) atoms. The minimum Gasteiger partial charge on any atom is -0.466 e. The molecule has 0 spiro atoms. The highest BCUT2D eigenvalue weighted by Crippen LogP contribution is 2.38. The highest BCUT2D eigenvalue weighted by Gasteiger charge is 2.37. The van der Waals surface area contributed by atoms with Gasteiger partial charge in [-0.05, 0) is 18.2 Å². The van der Waals surface area contributed by atoms with E-state index in [2.05, 4.69) is 11.3 Å². The van der Waals surface area contributed by atoms with Gasteiger partial charge < -0.3 is 4.74 Å². The third kappa shape index (κ3) is 3.40. The normalized spacial score (nSPS) is 12.4. The number of alkyl halides is 6. The summed E-state index contributed by atoms with van der Waals surface area (Å²) in [6.45, 7) is 3.05. The van der Waals surface area contributed by atoms with Crippen LogP contribution in [0, 0.1) is 0 Å². The van der Waals surface area contributed by atoms with E-state index in [0.717, 1.165) is 6.26 Å². The Morgan fingerprint density at radius 1 is 0.882 bits per heavy atom. The summed E-state index contributed by atoms with van der Waals surface area (Å²) in [5, 5.41) is 0. The third-order valence-corrected chi connectivity index (χ3v) is 1.78. The summed E-state index contributed by atoms with van der Waals surface area (Å²) in [6, 6.07) is 0.962. The summed E-state index contributed by atoms with van der Waals surface area (Å²) in [5.74, 6) is -0.567. The largest absolute Gasteiger partial charge is 0.466 e. The zero-order valence-corrected chi connectivity index (χ0v) is 8.19. The Morgan fingerprint density at radius 3 is 1.59 bits per heavy atom.